The standard InChI is InChI=1S/C34H56NO10P/c1-3-5-7-9-11-13-14-15-16-18-20-22-24-26-33(37)45-30(28-43-46(40,41)44-29-31(35)34(38)39)27-42-32(36)25-23-21-19-17-12-10-8-6-4-2/h5,7,9,11,13-16,18,20,30-31H,3-4,6,8,10,12,17,19,21-29,35H2,1-2H3,(H,38,39)(H,40,41)/b7-5+,11-9+,14-13+,16-15+,20-18+/t30?,31-/m0/s1. The summed E-state index contributed by atoms with van der Waals surface area (Å²) in [5.41, 5.74) is 5.29. The van der Waals surface area contributed by atoms with Crippen molar-refractivity contribution in [2.45, 2.75) is 116 Å². The van der Waals surface area contributed by atoms with Gasteiger partial charge < -0.3 is 25.2 Å². The van der Waals surface area contributed by atoms with E-state index in [4.69, 9.17) is 24.8 Å². The van der Waals surface area contributed by atoms with Crippen molar-refractivity contribution in [1.29, 1.82) is 0 Å². The average molecular weight is 670 g/mol. The van der Waals surface area contributed by atoms with Crippen LogP contribution in [-0.2, 0) is 37.5 Å². The van der Waals surface area contributed by atoms with Gasteiger partial charge in [-0.25, -0.2) is 4.57 Å². The first-order valence-corrected chi connectivity index (χ1v) is 17.9. The predicted octanol–water partition coefficient (Wildman–Crippen LogP) is 7.27. The lowest BCUT2D eigenvalue weighted by Gasteiger charge is -2.20. The number of hydrogen-bond acceptors (Lipinski definition) is 9. The molecule has 3 atom stereocenters. The molecule has 0 rings (SSSR count). The van der Waals surface area contributed by atoms with Crippen molar-refractivity contribution in [3.8, 4) is 0 Å². The summed E-state index contributed by atoms with van der Waals surface area (Å²) in [7, 11) is -4.72. The fourth-order valence-electron chi connectivity index (χ4n) is 3.80. The lowest BCUT2D eigenvalue weighted by molar-refractivity contribution is -0.161. The van der Waals surface area contributed by atoms with E-state index in [1.165, 1.54) is 32.1 Å². The molecule has 12 heteroatoms. The first kappa shape index (κ1) is 43.2. The minimum absolute atomic E-state index is 0.0632. The number of carboxylic acids is 1. The van der Waals surface area contributed by atoms with Crippen LogP contribution < -0.4 is 5.73 Å². The van der Waals surface area contributed by atoms with Crippen LogP contribution in [-0.4, -0.2) is 59.9 Å². The zero-order valence-corrected chi connectivity index (χ0v) is 28.5. The van der Waals surface area contributed by atoms with Gasteiger partial charge in [0.25, 0.3) is 0 Å². The molecule has 0 saturated heterocycles. The number of esters is 2. The van der Waals surface area contributed by atoms with Crippen LogP contribution >= 0.6 is 7.82 Å². The molecule has 0 aliphatic heterocycles. The van der Waals surface area contributed by atoms with Crippen LogP contribution in [0.4, 0.5) is 0 Å². The van der Waals surface area contributed by atoms with E-state index in [-0.39, 0.29) is 19.4 Å². The highest BCUT2D eigenvalue weighted by atomic mass is 31.2. The summed E-state index contributed by atoms with van der Waals surface area (Å²) in [6, 6.07) is -1.53. The number of phosphoric ester groups is 1. The van der Waals surface area contributed by atoms with E-state index in [1.54, 1.807) is 0 Å². The Morgan fingerprint density at radius 2 is 1.22 bits per heavy atom. The zero-order valence-electron chi connectivity index (χ0n) is 27.6. The minimum atomic E-state index is -4.72. The van der Waals surface area contributed by atoms with Gasteiger partial charge in [-0.2, -0.15) is 0 Å². The molecule has 0 aliphatic rings. The number of allylic oxidation sites excluding steroid dienone is 10. The van der Waals surface area contributed by atoms with Crippen LogP contribution in [0.25, 0.3) is 0 Å². The molecule has 0 fully saturated rings. The largest absolute Gasteiger partial charge is 0.480 e. The highest BCUT2D eigenvalue weighted by molar-refractivity contribution is 7.47. The molecular weight excluding hydrogens is 613 g/mol. The summed E-state index contributed by atoms with van der Waals surface area (Å²) in [6.45, 7) is 2.50. The van der Waals surface area contributed by atoms with Crippen molar-refractivity contribution in [3.05, 3.63) is 60.8 Å². The number of carbonyl (C=O) groups excluding carboxylic acids is 2. The quantitative estimate of drug-likeness (QED) is 0.0316. The topological polar surface area (TPSA) is 172 Å². The molecule has 262 valence electrons. The monoisotopic (exact) mass is 669 g/mol. The van der Waals surface area contributed by atoms with Crippen molar-refractivity contribution in [2.75, 3.05) is 19.8 Å². The maximum absolute atomic E-state index is 12.4. The van der Waals surface area contributed by atoms with Gasteiger partial charge in [-0.15, -0.1) is 0 Å². The van der Waals surface area contributed by atoms with Crippen LogP contribution in [0, 0.1) is 0 Å². The first-order valence-electron chi connectivity index (χ1n) is 16.4. The van der Waals surface area contributed by atoms with Gasteiger partial charge in [0.05, 0.1) is 13.2 Å². The second-order valence-electron chi connectivity index (χ2n) is 10.7. The smallest absolute Gasteiger partial charge is 0.472 e. The molecule has 0 saturated carbocycles. The van der Waals surface area contributed by atoms with E-state index in [1.807, 2.05) is 54.7 Å². The van der Waals surface area contributed by atoms with Gasteiger partial charge in [0.1, 0.15) is 12.6 Å². The summed E-state index contributed by atoms with van der Waals surface area (Å²) in [6.07, 6.45) is 30.4. The van der Waals surface area contributed by atoms with Gasteiger partial charge in [-0.3, -0.25) is 23.4 Å². The fourth-order valence-corrected chi connectivity index (χ4v) is 4.58. The number of unbranched alkanes of at least 4 members (excludes halogenated alkanes) is 9. The number of rotatable bonds is 29. The first-order chi connectivity index (χ1) is 22.1. The maximum Gasteiger partial charge on any atom is 0.472 e. The van der Waals surface area contributed by atoms with E-state index in [0.29, 0.717) is 19.3 Å². The molecule has 0 aliphatic carbocycles. The highest BCUT2D eigenvalue weighted by Crippen LogP contribution is 2.43. The van der Waals surface area contributed by atoms with Crippen molar-refractivity contribution in [3.63, 3.8) is 0 Å². The van der Waals surface area contributed by atoms with Gasteiger partial charge in [0.15, 0.2) is 6.10 Å². The Kier molecular flexibility index (Phi) is 27.8. The fraction of sp³-hybridized carbons (Fsp3) is 0.618. The number of hydrogen-bond donors (Lipinski definition) is 3. The van der Waals surface area contributed by atoms with Crippen molar-refractivity contribution in [2.24, 2.45) is 5.73 Å². The molecule has 11 nitrogen and oxygen atoms in total. The summed E-state index contributed by atoms with van der Waals surface area (Å²) in [5.74, 6) is -2.49. The lowest BCUT2D eigenvalue weighted by atomic mass is 10.1. The molecule has 0 aromatic heterocycles. The van der Waals surface area contributed by atoms with E-state index in [0.717, 1.165) is 25.7 Å². The molecule has 46 heavy (non-hydrogen) atoms. The van der Waals surface area contributed by atoms with Gasteiger partial charge >= 0.3 is 25.7 Å². The molecule has 2 unspecified atom stereocenters. The molecule has 0 spiro atoms. The van der Waals surface area contributed by atoms with Crippen LogP contribution in [0.3, 0.4) is 0 Å². The van der Waals surface area contributed by atoms with Crippen LogP contribution in [0.5, 0.6) is 0 Å². The van der Waals surface area contributed by atoms with E-state index >= 15 is 0 Å². The van der Waals surface area contributed by atoms with Crippen LogP contribution in [0.15, 0.2) is 60.8 Å². The van der Waals surface area contributed by atoms with Gasteiger partial charge in [-0.05, 0) is 25.7 Å². The Hall–Kier alpha value is -2.82. The molecular formula is C34H56NO10P. The number of ether oxygens (including phenoxy) is 2. The Morgan fingerprint density at radius 3 is 1.80 bits per heavy atom. The molecule has 4 N–H and O–H groups in total. The summed E-state index contributed by atoms with van der Waals surface area (Å²) < 4.78 is 32.3. The van der Waals surface area contributed by atoms with Gasteiger partial charge in [-0.1, -0.05) is 126 Å². The lowest BCUT2D eigenvalue weighted by Crippen LogP contribution is -2.34. The van der Waals surface area contributed by atoms with E-state index < -0.39 is 51.1 Å². The summed E-state index contributed by atoms with van der Waals surface area (Å²) in [4.78, 5) is 45.4. The molecule has 0 aromatic carbocycles. The third-order valence-corrected chi connectivity index (χ3v) is 7.36. The predicted molar refractivity (Wildman–Crippen MR) is 180 cm³/mol. The Morgan fingerprint density at radius 1 is 0.696 bits per heavy atom. The van der Waals surface area contributed by atoms with Crippen molar-refractivity contribution in [1.82, 2.24) is 0 Å². The molecule has 0 radical (unpaired) electrons. The molecule has 0 amide bonds. The molecule has 0 heterocycles. The number of nitrogens with two attached hydrogens (primary N) is 1. The van der Waals surface area contributed by atoms with Crippen molar-refractivity contribution < 1.29 is 47.5 Å². The number of carboxylic acid groups (broad SMARTS) is 1. The normalized spacial score (nSPS) is 14.9. The van der Waals surface area contributed by atoms with Gasteiger partial charge in [0.2, 0.25) is 0 Å². The summed E-state index contributed by atoms with van der Waals surface area (Å²) in [5, 5.41) is 8.82. The Bertz CT molecular complexity index is 1020. The second-order valence-corrected chi connectivity index (χ2v) is 12.1. The Labute approximate surface area is 275 Å². The molecule has 0 aromatic rings. The average Bonchev–Trinajstić information content (AvgIpc) is 3.02. The molecule has 0 bridgehead atoms. The van der Waals surface area contributed by atoms with E-state index in [9.17, 15) is 23.8 Å². The van der Waals surface area contributed by atoms with E-state index in [2.05, 4.69) is 24.4 Å². The van der Waals surface area contributed by atoms with Crippen molar-refractivity contribution >= 4 is 25.7 Å². The third-order valence-electron chi connectivity index (χ3n) is 6.41. The third kappa shape index (κ3) is 28.6. The zero-order chi connectivity index (χ0) is 34.3. The highest BCUT2D eigenvalue weighted by Gasteiger charge is 2.28. The van der Waals surface area contributed by atoms with Gasteiger partial charge in [0, 0.05) is 12.8 Å². The number of carbonyl (C=O) groups is 3. The maximum atomic E-state index is 12.4. The summed E-state index contributed by atoms with van der Waals surface area (Å²) >= 11 is 0. The minimum Gasteiger partial charge on any atom is -0.480 e. The SMILES string of the molecule is CC/C=C/C=C/C=C/C=C/C=C/CCCC(=O)OC(COC(=O)CCCCCCCCCCC)COP(=O)(O)OC[C@H](N)C(=O)O. The number of phosphoric acid groups is 1. The van der Waals surface area contributed by atoms with Crippen LogP contribution in [0.1, 0.15) is 104 Å². The Balaban J connectivity index is 4.69. The second kappa shape index (κ2) is 29.6. The van der Waals surface area contributed by atoms with Crippen LogP contribution in [0.2, 0.25) is 0 Å². The number of aliphatic carboxylic acids is 1.